The summed E-state index contributed by atoms with van der Waals surface area (Å²) in [5.74, 6) is -5.85. The number of allylic oxidation sites excluding steroid dienone is 3. The molecule has 2 heterocycles. The number of hydrogen-bond donors (Lipinski definition) is 1. The van der Waals surface area contributed by atoms with Gasteiger partial charge in [0.15, 0.2) is 0 Å². The number of imide groups is 2. The van der Waals surface area contributed by atoms with Gasteiger partial charge in [-0.1, -0.05) is 66.6 Å². The first-order chi connectivity index (χ1) is 22.5. The van der Waals surface area contributed by atoms with Gasteiger partial charge in [0.1, 0.15) is 11.6 Å². The van der Waals surface area contributed by atoms with Gasteiger partial charge in [0, 0.05) is 11.5 Å². The van der Waals surface area contributed by atoms with Crippen LogP contribution in [0.15, 0.2) is 85.0 Å². The van der Waals surface area contributed by atoms with Crippen LogP contribution in [0, 0.1) is 34.9 Å². The Balaban J connectivity index is 1.37. The Kier molecular flexibility index (Phi) is 7.47. The molecule has 2 aliphatic carbocycles. The molecule has 1 N–H and O–H groups in total. The summed E-state index contributed by atoms with van der Waals surface area (Å²) >= 11 is 6.09. The molecule has 9 heteroatoms. The summed E-state index contributed by atoms with van der Waals surface area (Å²) in [6, 6.07) is 16.4. The number of carbonyl (C=O) groups is 4. The maximum Gasteiger partial charge on any atom is 0.241 e. The van der Waals surface area contributed by atoms with Gasteiger partial charge in [0.2, 0.25) is 23.6 Å². The molecule has 2 aliphatic heterocycles. The standard InChI is InChI=1S/C38H34ClFN2O5/c1-4-7-21-8-6-9-26(33(21)43)32-24-15-16-25-31(36(46)41(34(25)44)22-12-10-20(5-2)11-13-22)27(24)19-28-35(45)42(37(47)38(28,32)3)23-14-17-30(40)29(39)18-23/h4,6,8-15,17-18,25,27-28,31-32,43H,1,5,7,16,19H2,2-3H3. The van der Waals surface area contributed by atoms with E-state index in [1.807, 2.05) is 25.1 Å². The first-order valence-electron chi connectivity index (χ1n) is 15.9. The fourth-order valence-electron chi connectivity index (χ4n) is 8.53. The Bertz CT molecular complexity index is 1900. The molecule has 3 aromatic rings. The molecule has 1 saturated carbocycles. The molecule has 6 atom stereocenters. The number of anilines is 2. The first kappa shape index (κ1) is 31.1. The molecule has 3 fully saturated rings. The molecule has 240 valence electrons. The lowest BCUT2D eigenvalue weighted by Gasteiger charge is -2.49. The van der Waals surface area contributed by atoms with Gasteiger partial charge in [-0.2, -0.15) is 0 Å². The number of hydrogen-bond acceptors (Lipinski definition) is 5. The molecule has 0 spiro atoms. The minimum Gasteiger partial charge on any atom is -0.507 e. The van der Waals surface area contributed by atoms with Crippen LogP contribution < -0.4 is 9.80 Å². The highest BCUT2D eigenvalue weighted by atomic mass is 35.5. The van der Waals surface area contributed by atoms with Crippen molar-refractivity contribution in [3.8, 4) is 5.75 Å². The fourth-order valence-corrected chi connectivity index (χ4v) is 8.70. The van der Waals surface area contributed by atoms with E-state index in [1.165, 1.54) is 17.0 Å². The van der Waals surface area contributed by atoms with E-state index in [-0.39, 0.29) is 41.1 Å². The summed E-state index contributed by atoms with van der Waals surface area (Å²) in [5, 5.41) is 11.4. The van der Waals surface area contributed by atoms with Crippen LogP contribution in [0.3, 0.4) is 0 Å². The SMILES string of the molecule is C=CCc1cccc(C2C3=CCC4C(=O)N(c5ccc(CC)cc5)C(=O)C4C3CC3C(=O)N(c4ccc(F)c(Cl)c4)C(=O)C32C)c1O. The van der Waals surface area contributed by atoms with Gasteiger partial charge in [-0.15, -0.1) is 6.58 Å². The molecule has 7 rings (SSSR count). The number of halogens is 2. The van der Waals surface area contributed by atoms with E-state index in [1.54, 1.807) is 43.3 Å². The zero-order valence-electron chi connectivity index (χ0n) is 26.1. The van der Waals surface area contributed by atoms with Crippen molar-refractivity contribution in [2.45, 2.75) is 45.4 Å². The normalized spacial score (nSPS) is 28.3. The molecular formula is C38H34ClFN2O5. The number of para-hydroxylation sites is 1. The summed E-state index contributed by atoms with van der Waals surface area (Å²) in [7, 11) is 0. The van der Waals surface area contributed by atoms with Crippen molar-refractivity contribution in [3.05, 3.63) is 112 Å². The molecule has 0 aromatic heterocycles. The lowest BCUT2D eigenvalue weighted by Crippen LogP contribution is -2.49. The van der Waals surface area contributed by atoms with Gasteiger partial charge in [-0.05, 0) is 80.0 Å². The van der Waals surface area contributed by atoms with Crippen LogP contribution in [-0.2, 0) is 32.0 Å². The zero-order valence-corrected chi connectivity index (χ0v) is 26.8. The highest BCUT2D eigenvalue weighted by Gasteiger charge is 2.68. The van der Waals surface area contributed by atoms with Crippen LogP contribution in [0.4, 0.5) is 15.8 Å². The average Bonchev–Trinajstić information content (AvgIpc) is 3.43. The monoisotopic (exact) mass is 652 g/mol. The summed E-state index contributed by atoms with van der Waals surface area (Å²) in [6.45, 7) is 7.57. The van der Waals surface area contributed by atoms with Gasteiger partial charge in [-0.25, -0.2) is 9.29 Å². The molecule has 4 amide bonds. The molecule has 47 heavy (non-hydrogen) atoms. The Morgan fingerprint density at radius 3 is 2.38 bits per heavy atom. The van der Waals surface area contributed by atoms with E-state index >= 15 is 0 Å². The number of amides is 4. The quantitative estimate of drug-likeness (QED) is 0.231. The Hall–Kier alpha value is -4.56. The van der Waals surface area contributed by atoms with E-state index in [0.717, 1.165) is 28.5 Å². The van der Waals surface area contributed by atoms with Gasteiger partial charge < -0.3 is 5.11 Å². The van der Waals surface area contributed by atoms with Crippen molar-refractivity contribution in [2.75, 3.05) is 9.80 Å². The second kappa shape index (κ2) is 11.3. The summed E-state index contributed by atoms with van der Waals surface area (Å²) < 4.78 is 14.1. The van der Waals surface area contributed by atoms with Crippen molar-refractivity contribution in [3.63, 3.8) is 0 Å². The highest BCUT2D eigenvalue weighted by Crippen LogP contribution is 2.64. The number of benzene rings is 3. The van der Waals surface area contributed by atoms with Crippen LogP contribution in [0.2, 0.25) is 5.02 Å². The van der Waals surface area contributed by atoms with Gasteiger partial charge in [-0.3, -0.25) is 24.1 Å². The molecule has 7 nitrogen and oxygen atoms in total. The van der Waals surface area contributed by atoms with Gasteiger partial charge in [0.25, 0.3) is 0 Å². The number of phenols is 1. The average molecular weight is 653 g/mol. The van der Waals surface area contributed by atoms with E-state index in [0.29, 0.717) is 23.2 Å². The van der Waals surface area contributed by atoms with E-state index in [2.05, 4.69) is 6.58 Å². The molecule has 3 aromatic carbocycles. The fraction of sp³-hybridized carbons (Fsp3) is 0.316. The Morgan fingerprint density at radius 2 is 1.70 bits per heavy atom. The molecule has 0 radical (unpaired) electrons. The number of aromatic hydroxyl groups is 1. The maximum absolute atomic E-state index is 14.6. The number of aryl methyl sites for hydroxylation is 1. The summed E-state index contributed by atoms with van der Waals surface area (Å²) in [5.41, 5.74) is 2.22. The number of fused-ring (bicyclic) bond motifs is 4. The van der Waals surface area contributed by atoms with E-state index < -0.39 is 52.6 Å². The zero-order chi connectivity index (χ0) is 33.4. The van der Waals surface area contributed by atoms with Gasteiger partial charge in [0.05, 0.1) is 39.6 Å². The second-order valence-corrected chi connectivity index (χ2v) is 13.5. The third-order valence-electron chi connectivity index (χ3n) is 10.9. The van der Waals surface area contributed by atoms with Crippen molar-refractivity contribution >= 4 is 46.6 Å². The maximum atomic E-state index is 14.6. The van der Waals surface area contributed by atoms with Crippen LogP contribution in [-0.4, -0.2) is 28.7 Å². The van der Waals surface area contributed by atoms with E-state index in [9.17, 15) is 28.7 Å². The number of phenolic OH excluding ortho intramolecular Hbond substituents is 1. The minimum atomic E-state index is -1.36. The molecule has 4 aliphatic rings. The predicted octanol–water partition coefficient (Wildman–Crippen LogP) is 6.91. The number of nitrogens with zero attached hydrogens (tertiary/aromatic N) is 2. The van der Waals surface area contributed by atoms with Crippen LogP contribution >= 0.6 is 11.6 Å². The highest BCUT2D eigenvalue weighted by molar-refractivity contribution is 6.32. The van der Waals surface area contributed by atoms with Gasteiger partial charge >= 0.3 is 0 Å². The topological polar surface area (TPSA) is 95.0 Å². The van der Waals surface area contributed by atoms with Crippen LogP contribution in [0.1, 0.15) is 49.3 Å². The Morgan fingerprint density at radius 1 is 0.979 bits per heavy atom. The third kappa shape index (κ3) is 4.44. The predicted molar refractivity (Wildman–Crippen MR) is 176 cm³/mol. The molecule has 6 unspecified atom stereocenters. The summed E-state index contributed by atoms with van der Waals surface area (Å²) in [6.07, 6.45) is 5.26. The van der Waals surface area contributed by atoms with Crippen molar-refractivity contribution < 1.29 is 28.7 Å². The Labute approximate surface area is 277 Å². The third-order valence-corrected chi connectivity index (χ3v) is 11.2. The lowest BCUT2D eigenvalue weighted by molar-refractivity contribution is -0.131. The largest absolute Gasteiger partial charge is 0.507 e. The first-order valence-corrected chi connectivity index (χ1v) is 16.3. The van der Waals surface area contributed by atoms with Crippen LogP contribution in [0.5, 0.6) is 5.75 Å². The summed E-state index contributed by atoms with van der Waals surface area (Å²) in [4.78, 5) is 59.4. The molecule has 2 saturated heterocycles. The number of carbonyl (C=O) groups excluding carboxylic acids is 4. The molecular weight excluding hydrogens is 619 g/mol. The number of rotatable bonds is 6. The molecule has 0 bridgehead atoms. The minimum absolute atomic E-state index is 0.00367. The van der Waals surface area contributed by atoms with Crippen LogP contribution in [0.25, 0.3) is 0 Å². The van der Waals surface area contributed by atoms with Crippen molar-refractivity contribution in [1.29, 1.82) is 0 Å². The van der Waals surface area contributed by atoms with E-state index in [4.69, 9.17) is 11.6 Å². The van der Waals surface area contributed by atoms with Crippen molar-refractivity contribution in [2.24, 2.45) is 29.1 Å². The van der Waals surface area contributed by atoms with Crippen molar-refractivity contribution in [1.82, 2.24) is 0 Å². The second-order valence-electron chi connectivity index (χ2n) is 13.1. The lowest BCUT2D eigenvalue weighted by atomic mass is 9.51. The smallest absolute Gasteiger partial charge is 0.241 e.